The molecule has 0 heterocycles. The normalized spacial score (nSPS) is 58.2. The fourth-order valence-electron chi connectivity index (χ4n) is 15.3. The van der Waals surface area contributed by atoms with Gasteiger partial charge in [0.25, 0.3) is 0 Å². The first-order valence-electron chi connectivity index (χ1n) is 19.4. The van der Waals surface area contributed by atoms with Gasteiger partial charge in [-0.2, -0.15) is 0 Å². The van der Waals surface area contributed by atoms with Crippen LogP contribution in [0.2, 0.25) is 0 Å². The second kappa shape index (κ2) is 10.7. The summed E-state index contributed by atoms with van der Waals surface area (Å²) in [7, 11) is 0. The van der Waals surface area contributed by atoms with E-state index in [1.807, 2.05) is 0 Å². The van der Waals surface area contributed by atoms with Crippen LogP contribution < -0.4 is 0 Å². The summed E-state index contributed by atoms with van der Waals surface area (Å²) in [5.41, 5.74) is 1.39. The zero-order valence-electron chi connectivity index (χ0n) is 28.4. The van der Waals surface area contributed by atoms with Crippen LogP contribution in [0.4, 0.5) is 0 Å². The molecule has 42 heavy (non-hydrogen) atoms. The summed E-state index contributed by atoms with van der Waals surface area (Å²) in [4.78, 5) is 0. The Hall–Kier alpha value is -0.0800. The molecule has 8 aliphatic rings. The van der Waals surface area contributed by atoms with Gasteiger partial charge in [0.15, 0.2) is 0 Å². The van der Waals surface area contributed by atoms with E-state index in [4.69, 9.17) is 0 Å². The van der Waals surface area contributed by atoms with Crippen molar-refractivity contribution in [2.45, 2.75) is 181 Å². The van der Waals surface area contributed by atoms with E-state index >= 15 is 0 Å². The molecule has 0 aliphatic heterocycles. The fourth-order valence-corrected chi connectivity index (χ4v) is 15.3. The van der Waals surface area contributed by atoms with E-state index in [2.05, 4.69) is 34.6 Å². The SMILES string of the molecule is CC[C@@]1(O)CC[C@H]2[C@@H]3CCC4CCCC[C@]4(C)[C@H]3CC[C@@]21C.C[C@]12CCCC[C@@H]1CC[C@@H]1[C@@H]2CC[C@]2(C)C(O)CC[C@@H]12. The molecule has 240 valence electrons. The molecular formula is C40H68O2. The number of rotatable bonds is 1. The van der Waals surface area contributed by atoms with E-state index < -0.39 is 0 Å². The van der Waals surface area contributed by atoms with E-state index in [1.54, 1.807) is 0 Å². The molecule has 0 spiro atoms. The van der Waals surface area contributed by atoms with Crippen molar-refractivity contribution in [2.75, 3.05) is 0 Å². The van der Waals surface area contributed by atoms with Gasteiger partial charge in [-0.1, -0.05) is 60.3 Å². The zero-order valence-corrected chi connectivity index (χ0v) is 28.4. The average molecular weight is 581 g/mol. The van der Waals surface area contributed by atoms with Gasteiger partial charge in [0, 0.05) is 0 Å². The van der Waals surface area contributed by atoms with Gasteiger partial charge in [-0.15, -0.1) is 0 Å². The highest BCUT2D eigenvalue weighted by Gasteiger charge is 2.64. The number of fused-ring (bicyclic) bond motifs is 10. The summed E-state index contributed by atoms with van der Waals surface area (Å²) in [6.07, 6.45) is 28.9. The molecule has 8 fully saturated rings. The van der Waals surface area contributed by atoms with Gasteiger partial charge >= 0.3 is 0 Å². The summed E-state index contributed by atoms with van der Waals surface area (Å²) >= 11 is 0. The predicted molar refractivity (Wildman–Crippen MR) is 174 cm³/mol. The maximum Gasteiger partial charge on any atom is 0.0701 e. The van der Waals surface area contributed by atoms with Crippen LogP contribution >= 0.6 is 0 Å². The lowest BCUT2D eigenvalue weighted by Crippen LogP contribution is -2.56. The Morgan fingerprint density at radius 1 is 0.500 bits per heavy atom. The van der Waals surface area contributed by atoms with E-state index in [-0.39, 0.29) is 22.5 Å². The molecule has 0 saturated heterocycles. The largest absolute Gasteiger partial charge is 0.393 e. The van der Waals surface area contributed by atoms with E-state index in [1.165, 1.54) is 116 Å². The van der Waals surface area contributed by atoms with Crippen molar-refractivity contribution in [3.63, 3.8) is 0 Å². The van der Waals surface area contributed by atoms with Gasteiger partial charge in [0.05, 0.1) is 11.7 Å². The third-order valence-electron chi connectivity index (χ3n) is 18.0. The molecule has 0 radical (unpaired) electrons. The molecular weight excluding hydrogens is 512 g/mol. The van der Waals surface area contributed by atoms with Crippen LogP contribution in [0, 0.1) is 69.0 Å². The van der Waals surface area contributed by atoms with Crippen LogP contribution in [0.3, 0.4) is 0 Å². The molecule has 0 aromatic carbocycles. The van der Waals surface area contributed by atoms with Crippen molar-refractivity contribution < 1.29 is 10.2 Å². The Balaban J connectivity index is 0.000000138. The Bertz CT molecular complexity index is 990. The highest BCUT2D eigenvalue weighted by molar-refractivity contribution is 5.13. The van der Waals surface area contributed by atoms with E-state index in [9.17, 15) is 10.2 Å². The lowest BCUT2D eigenvalue weighted by atomic mass is 9.44. The standard InChI is InChI=1S/C21H36O.C19H32O/c1-4-21(22)14-11-18-16-9-8-15-7-5-6-12-19(15,2)17(16)10-13-20(18,21)3;1-18-11-4-3-5-13(18)6-7-14-15-8-9-17(20)19(15,2)12-10-16(14)18/h15-18,22H,4-14H2,1-3H3;13-17,20H,3-12H2,1-2H3/t15?,16-,17+,18+,19+,20+,21-;13-,14+,15+,16+,17?,18+,19+/m11/s1. The van der Waals surface area contributed by atoms with Crippen LogP contribution in [-0.4, -0.2) is 21.9 Å². The fraction of sp³-hybridized carbons (Fsp3) is 1.00. The second-order valence-electron chi connectivity index (χ2n) is 18.8. The van der Waals surface area contributed by atoms with Crippen molar-refractivity contribution in [1.82, 2.24) is 0 Å². The van der Waals surface area contributed by atoms with Crippen molar-refractivity contribution in [1.29, 1.82) is 0 Å². The molecule has 0 bridgehead atoms. The molecule has 8 rings (SSSR count). The van der Waals surface area contributed by atoms with Crippen LogP contribution in [0.15, 0.2) is 0 Å². The maximum absolute atomic E-state index is 11.2. The first-order chi connectivity index (χ1) is 20.0. The van der Waals surface area contributed by atoms with Crippen LogP contribution in [0.5, 0.6) is 0 Å². The summed E-state index contributed by atoms with van der Waals surface area (Å²) in [5.74, 6) is 7.45. The molecule has 8 aliphatic carbocycles. The van der Waals surface area contributed by atoms with Crippen LogP contribution in [-0.2, 0) is 0 Å². The average Bonchev–Trinajstić information content (AvgIpc) is 3.44. The van der Waals surface area contributed by atoms with Crippen molar-refractivity contribution in [3.8, 4) is 0 Å². The maximum atomic E-state index is 11.2. The lowest BCUT2D eigenvalue weighted by Gasteiger charge is -2.61. The predicted octanol–water partition coefficient (Wildman–Crippen LogP) is 10.3. The van der Waals surface area contributed by atoms with E-state index in [0.29, 0.717) is 10.8 Å². The Kier molecular flexibility index (Phi) is 7.82. The summed E-state index contributed by atoms with van der Waals surface area (Å²) in [5, 5.41) is 21.7. The Morgan fingerprint density at radius 2 is 1.02 bits per heavy atom. The number of hydrogen-bond donors (Lipinski definition) is 2. The molecule has 2 nitrogen and oxygen atoms in total. The number of aliphatic hydroxyl groups is 2. The minimum atomic E-state index is -0.368. The zero-order chi connectivity index (χ0) is 29.5. The van der Waals surface area contributed by atoms with Gasteiger partial charge < -0.3 is 10.2 Å². The van der Waals surface area contributed by atoms with Crippen LogP contribution in [0.1, 0.15) is 169 Å². The second-order valence-corrected chi connectivity index (χ2v) is 18.8. The Morgan fingerprint density at radius 3 is 1.62 bits per heavy atom. The van der Waals surface area contributed by atoms with Crippen molar-refractivity contribution in [3.05, 3.63) is 0 Å². The molecule has 14 atom stereocenters. The topological polar surface area (TPSA) is 40.5 Å². The summed E-state index contributed by atoms with van der Waals surface area (Å²) in [6, 6.07) is 0. The monoisotopic (exact) mass is 581 g/mol. The third kappa shape index (κ3) is 4.28. The highest BCUT2D eigenvalue weighted by atomic mass is 16.3. The number of hydrogen-bond acceptors (Lipinski definition) is 2. The number of aliphatic hydroxyl groups excluding tert-OH is 1. The van der Waals surface area contributed by atoms with E-state index in [0.717, 1.165) is 66.6 Å². The van der Waals surface area contributed by atoms with Gasteiger partial charge in [0.2, 0.25) is 0 Å². The van der Waals surface area contributed by atoms with Crippen molar-refractivity contribution >= 4 is 0 Å². The molecule has 2 heteroatoms. The minimum absolute atomic E-state index is 0.00895. The molecule has 0 aromatic rings. The molecule has 2 N–H and O–H groups in total. The van der Waals surface area contributed by atoms with Gasteiger partial charge in [0.1, 0.15) is 0 Å². The van der Waals surface area contributed by atoms with Gasteiger partial charge in [-0.25, -0.2) is 0 Å². The first-order valence-corrected chi connectivity index (χ1v) is 19.4. The first kappa shape index (κ1) is 30.6. The van der Waals surface area contributed by atoms with Crippen molar-refractivity contribution in [2.24, 2.45) is 69.0 Å². The summed E-state index contributed by atoms with van der Waals surface area (Å²) < 4.78 is 0. The van der Waals surface area contributed by atoms with Gasteiger partial charge in [-0.3, -0.25) is 0 Å². The smallest absolute Gasteiger partial charge is 0.0701 e. The molecule has 8 saturated carbocycles. The minimum Gasteiger partial charge on any atom is -0.393 e. The molecule has 0 amide bonds. The van der Waals surface area contributed by atoms with Gasteiger partial charge in [-0.05, 0) is 178 Å². The molecule has 0 aromatic heterocycles. The highest BCUT2D eigenvalue weighted by Crippen LogP contribution is 2.69. The third-order valence-corrected chi connectivity index (χ3v) is 18.0. The lowest BCUT2D eigenvalue weighted by molar-refractivity contribution is -0.152. The summed E-state index contributed by atoms with van der Waals surface area (Å²) in [6.45, 7) is 12.3. The Labute approximate surface area is 260 Å². The molecule has 2 unspecified atom stereocenters. The van der Waals surface area contributed by atoms with Crippen LogP contribution in [0.25, 0.3) is 0 Å². The quantitative estimate of drug-likeness (QED) is 0.324.